The van der Waals surface area contributed by atoms with Crippen molar-refractivity contribution >= 4 is 39.1 Å². The van der Waals surface area contributed by atoms with Crippen LogP contribution in [0.25, 0.3) is 0 Å². The Hall–Kier alpha value is -0.540. The zero-order chi connectivity index (χ0) is 14.0. The molecule has 0 saturated carbocycles. The highest BCUT2D eigenvalue weighted by Crippen LogP contribution is 2.32. The first kappa shape index (κ1) is 14.9. The molecule has 2 rings (SSSR count). The van der Waals surface area contributed by atoms with Gasteiger partial charge in [0.05, 0.1) is 6.04 Å². The van der Waals surface area contributed by atoms with Crippen molar-refractivity contribution in [3.8, 4) is 0 Å². The van der Waals surface area contributed by atoms with E-state index < -0.39 is 0 Å². The highest BCUT2D eigenvalue weighted by atomic mass is 79.9. The van der Waals surface area contributed by atoms with Crippen LogP contribution in [-0.2, 0) is 0 Å². The molecule has 0 aliphatic carbocycles. The van der Waals surface area contributed by atoms with E-state index in [4.69, 9.17) is 23.2 Å². The fourth-order valence-electron chi connectivity index (χ4n) is 2.18. The van der Waals surface area contributed by atoms with Gasteiger partial charge in [-0.1, -0.05) is 45.2 Å². The van der Waals surface area contributed by atoms with Gasteiger partial charge in [-0.15, -0.1) is 0 Å². The third-order valence-corrected chi connectivity index (χ3v) is 4.17. The summed E-state index contributed by atoms with van der Waals surface area (Å²) in [6, 6.07) is 11.8. The molecule has 0 aliphatic heterocycles. The molecule has 4 heteroatoms. The van der Waals surface area contributed by atoms with E-state index in [0.717, 1.165) is 10.0 Å². The van der Waals surface area contributed by atoms with Crippen LogP contribution in [-0.4, -0.2) is 7.05 Å². The first-order valence-electron chi connectivity index (χ1n) is 5.91. The van der Waals surface area contributed by atoms with Gasteiger partial charge in [0.2, 0.25) is 0 Å². The first-order valence-corrected chi connectivity index (χ1v) is 7.46. The maximum absolute atomic E-state index is 6.30. The predicted octanol–water partition coefficient (Wildman–Crippen LogP) is 5.37. The van der Waals surface area contributed by atoms with Crippen molar-refractivity contribution in [2.24, 2.45) is 0 Å². The molecule has 2 aromatic carbocycles. The summed E-state index contributed by atoms with van der Waals surface area (Å²) < 4.78 is 1.07. The fourth-order valence-corrected chi connectivity index (χ4v) is 3.06. The van der Waals surface area contributed by atoms with E-state index in [0.29, 0.717) is 10.0 Å². The van der Waals surface area contributed by atoms with Crippen LogP contribution in [0.4, 0.5) is 0 Å². The summed E-state index contributed by atoms with van der Waals surface area (Å²) in [6.45, 7) is 2.09. The van der Waals surface area contributed by atoms with Gasteiger partial charge in [0.1, 0.15) is 0 Å². The molecule has 0 aromatic heterocycles. The largest absolute Gasteiger partial charge is 0.309 e. The molecule has 0 heterocycles. The molecule has 0 aliphatic rings. The molecule has 1 atom stereocenters. The zero-order valence-electron chi connectivity index (χ0n) is 10.7. The number of hydrogen-bond acceptors (Lipinski definition) is 1. The lowest BCUT2D eigenvalue weighted by molar-refractivity contribution is 0.687. The Kier molecular flexibility index (Phi) is 4.91. The Morgan fingerprint density at radius 1 is 1.05 bits per heavy atom. The number of aryl methyl sites for hydroxylation is 1. The Bertz CT molecular complexity index is 599. The molecule has 0 radical (unpaired) electrons. The SMILES string of the molecule is CNC(c1ccc(Br)cc1C)c1cc(Cl)ccc1Cl. The summed E-state index contributed by atoms with van der Waals surface area (Å²) in [6.07, 6.45) is 0. The minimum atomic E-state index is 0.0271. The van der Waals surface area contributed by atoms with Gasteiger partial charge in [-0.25, -0.2) is 0 Å². The molecular formula is C15H14BrCl2N. The third kappa shape index (κ3) is 3.32. The zero-order valence-corrected chi connectivity index (χ0v) is 13.8. The summed E-state index contributed by atoms with van der Waals surface area (Å²) in [5, 5.41) is 4.71. The highest BCUT2D eigenvalue weighted by Gasteiger charge is 2.17. The number of halogens is 3. The van der Waals surface area contributed by atoms with Gasteiger partial charge < -0.3 is 5.32 Å². The van der Waals surface area contributed by atoms with Crippen LogP contribution in [0.5, 0.6) is 0 Å². The van der Waals surface area contributed by atoms with Crippen molar-refractivity contribution in [3.63, 3.8) is 0 Å². The van der Waals surface area contributed by atoms with Crippen LogP contribution in [0.15, 0.2) is 40.9 Å². The van der Waals surface area contributed by atoms with Crippen LogP contribution >= 0.6 is 39.1 Å². The Balaban J connectivity index is 2.52. The van der Waals surface area contributed by atoms with Gasteiger partial charge in [0.25, 0.3) is 0 Å². The normalized spacial score (nSPS) is 12.5. The smallest absolute Gasteiger partial charge is 0.0592 e. The second kappa shape index (κ2) is 6.27. The summed E-state index contributed by atoms with van der Waals surface area (Å²) in [5.74, 6) is 0. The summed E-state index contributed by atoms with van der Waals surface area (Å²) in [4.78, 5) is 0. The van der Waals surface area contributed by atoms with Crippen LogP contribution in [0.2, 0.25) is 10.0 Å². The van der Waals surface area contributed by atoms with Crippen molar-refractivity contribution in [1.82, 2.24) is 5.32 Å². The van der Waals surface area contributed by atoms with E-state index in [1.807, 2.05) is 25.2 Å². The highest BCUT2D eigenvalue weighted by molar-refractivity contribution is 9.10. The maximum Gasteiger partial charge on any atom is 0.0592 e. The van der Waals surface area contributed by atoms with E-state index in [-0.39, 0.29) is 6.04 Å². The molecule has 1 nitrogen and oxygen atoms in total. The average Bonchev–Trinajstić information content (AvgIpc) is 2.36. The second-order valence-corrected chi connectivity index (χ2v) is 6.15. The van der Waals surface area contributed by atoms with Gasteiger partial charge in [0.15, 0.2) is 0 Å². The standard InChI is InChI=1S/C15H14BrCl2N/c1-9-7-10(16)3-5-12(9)15(19-2)13-8-11(17)4-6-14(13)18/h3-8,15,19H,1-2H3. The van der Waals surface area contributed by atoms with Crippen molar-refractivity contribution in [2.75, 3.05) is 7.05 Å². The summed E-state index contributed by atoms with van der Waals surface area (Å²) in [7, 11) is 1.92. The minimum absolute atomic E-state index is 0.0271. The molecule has 19 heavy (non-hydrogen) atoms. The number of hydrogen-bond donors (Lipinski definition) is 1. The van der Waals surface area contributed by atoms with E-state index in [2.05, 4.69) is 40.3 Å². The first-order chi connectivity index (χ1) is 9.02. The van der Waals surface area contributed by atoms with E-state index in [1.165, 1.54) is 11.1 Å². The Labute approximate surface area is 132 Å². The van der Waals surface area contributed by atoms with Crippen molar-refractivity contribution in [3.05, 3.63) is 67.6 Å². The van der Waals surface area contributed by atoms with Gasteiger partial charge in [-0.2, -0.15) is 0 Å². The molecule has 0 bridgehead atoms. The lowest BCUT2D eigenvalue weighted by Gasteiger charge is -2.21. The van der Waals surface area contributed by atoms with Crippen molar-refractivity contribution in [1.29, 1.82) is 0 Å². The monoisotopic (exact) mass is 357 g/mol. The minimum Gasteiger partial charge on any atom is -0.309 e. The van der Waals surface area contributed by atoms with E-state index >= 15 is 0 Å². The van der Waals surface area contributed by atoms with E-state index in [9.17, 15) is 0 Å². The molecule has 0 spiro atoms. The van der Waals surface area contributed by atoms with Gasteiger partial charge in [-0.3, -0.25) is 0 Å². The number of rotatable bonds is 3. The molecule has 0 amide bonds. The molecule has 0 fully saturated rings. The topological polar surface area (TPSA) is 12.0 Å². The van der Waals surface area contributed by atoms with Crippen LogP contribution < -0.4 is 5.32 Å². The number of nitrogens with one attached hydrogen (secondary N) is 1. The van der Waals surface area contributed by atoms with Crippen molar-refractivity contribution < 1.29 is 0 Å². The molecule has 100 valence electrons. The summed E-state index contributed by atoms with van der Waals surface area (Å²) >= 11 is 15.9. The lowest BCUT2D eigenvalue weighted by Crippen LogP contribution is -2.19. The molecule has 1 unspecified atom stereocenters. The second-order valence-electron chi connectivity index (χ2n) is 4.39. The Morgan fingerprint density at radius 2 is 1.79 bits per heavy atom. The number of benzene rings is 2. The lowest BCUT2D eigenvalue weighted by atomic mass is 9.95. The fraction of sp³-hybridized carbons (Fsp3) is 0.200. The maximum atomic E-state index is 6.30. The third-order valence-electron chi connectivity index (χ3n) is 3.10. The average molecular weight is 359 g/mol. The predicted molar refractivity (Wildman–Crippen MR) is 86.2 cm³/mol. The van der Waals surface area contributed by atoms with E-state index in [1.54, 1.807) is 6.07 Å². The summed E-state index contributed by atoms with van der Waals surface area (Å²) in [5.41, 5.74) is 3.38. The molecule has 1 N–H and O–H groups in total. The van der Waals surface area contributed by atoms with Crippen molar-refractivity contribution in [2.45, 2.75) is 13.0 Å². The molecular weight excluding hydrogens is 345 g/mol. The van der Waals surface area contributed by atoms with Gasteiger partial charge in [-0.05, 0) is 61.0 Å². The molecule has 2 aromatic rings. The van der Waals surface area contributed by atoms with Crippen LogP contribution in [0, 0.1) is 6.92 Å². The van der Waals surface area contributed by atoms with Crippen LogP contribution in [0.3, 0.4) is 0 Å². The van der Waals surface area contributed by atoms with Gasteiger partial charge in [0, 0.05) is 14.5 Å². The van der Waals surface area contributed by atoms with Crippen LogP contribution in [0.1, 0.15) is 22.7 Å². The quantitative estimate of drug-likeness (QED) is 0.777. The Morgan fingerprint density at radius 3 is 2.42 bits per heavy atom. The van der Waals surface area contributed by atoms with Gasteiger partial charge >= 0.3 is 0 Å². The molecule has 0 saturated heterocycles.